The van der Waals surface area contributed by atoms with Crippen LogP contribution in [0.2, 0.25) is 0 Å². The fraction of sp³-hybridized carbons (Fsp3) is 0.286. The number of aryl methyl sites for hydroxylation is 2. The zero-order valence-electron chi connectivity index (χ0n) is 11.5. The minimum absolute atomic E-state index is 0.159. The third-order valence-electron chi connectivity index (χ3n) is 3.05. The Morgan fingerprint density at radius 2 is 2.05 bits per heavy atom. The van der Waals surface area contributed by atoms with Gasteiger partial charge in [-0.15, -0.1) is 0 Å². The number of benzene rings is 1. The lowest BCUT2D eigenvalue weighted by atomic mass is 10.2. The van der Waals surface area contributed by atoms with Crippen LogP contribution in [0, 0.1) is 6.92 Å². The summed E-state index contributed by atoms with van der Waals surface area (Å²) in [5.41, 5.74) is 2.28. The third-order valence-corrected chi connectivity index (χ3v) is 3.05. The van der Waals surface area contributed by atoms with Crippen LogP contribution in [0.1, 0.15) is 16.1 Å². The van der Waals surface area contributed by atoms with E-state index in [1.807, 2.05) is 31.2 Å². The highest BCUT2D eigenvalue weighted by atomic mass is 16.5. The van der Waals surface area contributed by atoms with Crippen molar-refractivity contribution >= 4 is 11.6 Å². The Hall–Kier alpha value is -2.30. The molecule has 0 aliphatic rings. The summed E-state index contributed by atoms with van der Waals surface area (Å²) in [5, 5.41) is 4.16. The molecular formula is C14H17N3O2. The lowest BCUT2D eigenvalue weighted by Crippen LogP contribution is -2.27. The number of aromatic nitrogens is 2. The summed E-state index contributed by atoms with van der Waals surface area (Å²) in [5.74, 6) is 0.398. The summed E-state index contributed by atoms with van der Waals surface area (Å²) in [4.78, 5) is 14.0. The smallest absolute Gasteiger partial charge is 0.278 e. The molecule has 2 aromatic rings. The fourth-order valence-corrected chi connectivity index (χ4v) is 1.97. The Balaban J connectivity index is 2.31. The molecule has 1 amide bonds. The lowest BCUT2D eigenvalue weighted by Gasteiger charge is -2.18. The Kier molecular flexibility index (Phi) is 3.55. The average Bonchev–Trinajstić information content (AvgIpc) is 2.79. The van der Waals surface area contributed by atoms with Crippen LogP contribution in [0.3, 0.4) is 0 Å². The minimum atomic E-state index is -0.159. The van der Waals surface area contributed by atoms with Crippen LogP contribution in [0.15, 0.2) is 30.3 Å². The van der Waals surface area contributed by atoms with Crippen LogP contribution in [-0.2, 0) is 7.05 Å². The van der Waals surface area contributed by atoms with Crippen molar-refractivity contribution in [1.82, 2.24) is 9.78 Å². The van der Waals surface area contributed by atoms with Gasteiger partial charge in [0.15, 0.2) is 5.69 Å². The van der Waals surface area contributed by atoms with Gasteiger partial charge in [0.05, 0.1) is 7.11 Å². The van der Waals surface area contributed by atoms with Crippen LogP contribution in [0.25, 0.3) is 0 Å². The van der Waals surface area contributed by atoms with E-state index in [9.17, 15) is 4.79 Å². The number of carbonyl (C=O) groups excluding carboxylic acids is 1. The van der Waals surface area contributed by atoms with E-state index in [-0.39, 0.29) is 5.91 Å². The van der Waals surface area contributed by atoms with Crippen molar-refractivity contribution in [3.05, 3.63) is 41.6 Å². The fourth-order valence-electron chi connectivity index (χ4n) is 1.97. The summed E-state index contributed by atoms with van der Waals surface area (Å²) >= 11 is 0. The normalized spacial score (nSPS) is 10.3. The van der Waals surface area contributed by atoms with Gasteiger partial charge in [-0.1, -0.05) is 18.2 Å². The second kappa shape index (κ2) is 5.14. The number of hydrogen-bond donors (Lipinski definition) is 0. The zero-order chi connectivity index (χ0) is 14.0. The summed E-state index contributed by atoms with van der Waals surface area (Å²) < 4.78 is 6.66. The minimum Gasteiger partial charge on any atom is -0.481 e. The van der Waals surface area contributed by atoms with Crippen molar-refractivity contribution in [2.24, 2.45) is 7.05 Å². The van der Waals surface area contributed by atoms with Gasteiger partial charge in [0.1, 0.15) is 0 Å². The van der Waals surface area contributed by atoms with Crippen LogP contribution >= 0.6 is 0 Å². The molecule has 1 aromatic heterocycles. The van der Waals surface area contributed by atoms with E-state index in [0.717, 1.165) is 11.3 Å². The molecule has 0 fully saturated rings. The van der Waals surface area contributed by atoms with Crippen molar-refractivity contribution in [2.45, 2.75) is 6.92 Å². The predicted molar refractivity (Wildman–Crippen MR) is 73.7 cm³/mol. The van der Waals surface area contributed by atoms with Gasteiger partial charge in [-0.05, 0) is 18.6 Å². The largest absolute Gasteiger partial charge is 0.481 e. The second-order valence-electron chi connectivity index (χ2n) is 4.35. The molecule has 0 atom stereocenters. The summed E-state index contributed by atoms with van der Waals surface area (Å²) in [6, 6.07) is 9.37. The number of rotatable bonds is 3. The predicted octanol–water partition coefficient (Wildman–Crippen LogP) is 2.01. The SMILES string of the molecule is COc1cc(C(=O)N(C)c2ccccc2C)nn1C. The number of methoxy groups -OCH3 is 1. The standard InChI is InChI=1S/C14H17N3O2/c1-10-7-5-6-8-12(10)16(2)14(18)11-9-13(19-4)17(3)15-11/h5-9H,1-4H3. The van der Waals surface area contributed by atoms with Gasteiger partial charge in [-0.2, -0.15) is 5.10 Å². The molecule has 0 N–H and O–H groups in total. The molecule has 100 valence electrons. The molecular weight excluding hydrogens is 242 g/mol. The zero-order valence-corrected chi connectivity index (χ0v) is 11.5. The van der Waals surface area contributed by atoms with E-state index in [4.69, 9.17) is 4.74 Å². The third kappa shape index (κ3) is 2.45. The molecule has 0 aliphatic heterocycles. The van der Waals surface area contributed by atoms with Gasteiger partial charge in [0, 0.05) is 25.8 Å². The summed E-state index contributed by atoms with van der Waals surface area (Å²) in [7, 11) is 5.03. The van der Waals surface area contributed by atoms with Gasteiger partial charge >= 0.3 is 0 Å². The topological polar surface area (TPSA) is 47.4 Å². The van der Waals surface area contributed by atoms with E-state index in [2.05, 4.69) is 5.10 Å². The van der Waals surface area contributed by atoms with Crippen LogP contribution < -0.4 is 9.64 Å². The maximum atomic E-state index is 12.4. The molecule has 1 heterocycles. The van der Waals surface area contributed by atoms with Crippen molar-refractivity contribution in [2.75, 3.05) is 19.1 Å². The molecule has 0 radical (unpaired) electrons. The number of amides is 1. The first kappa shape index (κ1) is 13.1. The first-order valence-corrected chi connectivity index (χ1v) is 5.96. The van der Waals surface area contributed by atoms with Crippen LogP contribution in [0.4, 0.5) is 5.69 Å². The van der Waals surface area contributed by atoms with Gasteiger partial charge in [0.25, 0.3) is 5.91 Å². The van der Waals surface area contributed by atoms with E-state index in [0.29, 0.717) is 11.6 Å². The first-order chi connectivity index (χ1) is 9.04. The number of nitrogens with zero attached hydrogens (tertiary/aromatic N) is 3. The second-order valence-corrected chi connectivity index (χ2v) is 4.35. The molecule has 0 spiro atoms. The van der Waals surface area contributed by atoms with Crippen LogP contribution in [-0.4, -0.2) is 29.8 Å². The van der Waals surface area contributed by atoms with Gasteiger partial charge in [-0.25, -0.2) is 4.68 Å². The van der Waals surface area contributed by atoms with Crippen molar-refractivity contribution in [3.8, 4) is 5.88 Å². The number of carbonyl (C=O) groups is 1. The quantitative estimate of drug-likeness (QED) is 0.847. The molecule has 1 aromatic carbocycles. The molecule has 0 saturated heterocycles. The summed E-state index contributed by atoms with van der Waals surface area (Å²) in [6.45, 7) is 1.97. The highest BCUT2D eigenvalue weighted by Crippen LogP contribution is 2.21. The number of ether oxygens (including phenoxy) is 1. The Labute approximate surface area is 112 Å². The van der Waals surface area contributed by atoms with Gasteiger partial charge < -0.3 is 9.64 Å². The number of anilines is 1. The number of para-hydroxylation sites is 1. The van der Waals surface area contributed by atoms with Crippen molar-refractivity contribution in [3.63, 3.8) is 0 Å². The molecule has 0 saturated carbocycles. The number of hydrogen-bond acceptors (Lipinski definition) is 3. The molecule has 19 heavy (non-hydrogen) atoms. The van der Waals surface area contributed by atoms with E-state index in [1.165, 1.54) is 0 Å². The van der Waals surface area contributed by atoms with Crippen molar-refractivity contribution < 1.29 is 9.53 Å². The van der Waals surface area contributed by atoms with E-state index < -0.39 is 0 Å². The maximum Gasteiger partial charge on any atom is 0.278 e. The molecule has 0 unspecified atom stereocenters. The average molecular weight is 259 g/mol. The molecule has 0 bridgehead atoms. The maximum absolute atomic E-state index is 12.4. The van der Waals surface area contributed by atoms with Crippen molar-refractivity contribution in [1.29, 1.82) is 0 Å². The Morgan fingerprint density at radius 1 is 1.37 bits per heavy atom. The van der Waals surface area contributed by atoms with E-state index >= 15 is 0 Å². The Bertz CT molecular complexity index is 604. The monoisotopic (exact) mass is 259 g/mol. The van der Waals surface area contributed by atoms with Crippen LogP contribution in [0.5, 0.6) is 5.88 Å². The first-order valence-electron chi connectivity index (χ1n) is 5.96. The highest BCUT2D eigenvalue weighted by molar-refractivity contribution is 6.04. The molecule has 2 rings (SSSR count). The molecule has 5 heteroatoms. The van der Waals surface area contributed by atoms with E-state index in [1.54, 1.807) is 36.9 Å². The molecule has 5 nitrogen and oxygen atoms in total. The highest BCUT2D eigenvalue weighted by Gasteiger charge is 2.19. The Morgan fingerprint density at radius 3 is 2.63 bits per heavy atom. The van der Waals surface area contributed by atoms with Gasteiger partial charge in [-0.3, -0.25) is 4.79 Å². The summed E-state index contributed by atoms with van der Waals surface area (Å²) in [6.07, 6.45) is 0. The van der Waals surface area contributed by atoms with Gasteiger partial charge in [0.2, 0.25) is 5.88 Å². The molecule has 0 aliphatic carbocycles. The lowest BCUT2D eigenvalue weighted by molar-refractivity contribution is 0.0987.